The van der Waals surface area contributed by atoms with Crippen molar-refractivity contribution in [2.75, 3.05) is 29.1 Å². The molecular weight excluding hydrogens is 362 g/mol. The van der Waals surface area contributed by atoms with E-state index < -0.39 is 0 Å². The SMILES string of the molecule is Cc1ccc(NC(=O)CNc2cccc(C(=O)N(C)c3ccccc3)c2)c(C)c1. The van der Waals surface area contributed by atoms with E-state index in [2.05, 4.69) is 10.6 Å². The molecule has 3 aromatic rings. The molecule has 0 aliphatic heterocycles. The van der Waals surface area contributed by atoms with Crippen LogP contribution in [0.15, 0.2) is 72.8 Å². The molecule has 0 heterocycles. The van der Waals surface area contributed by atoms with Crippen LogP contribution in [0.4, 0.5) is 17.1 Å². The number of anilines is 3. The summed E-state index contributed by atoms with van der Waals surface area (Å²) in [6, 6.07) is 22.5. The molecular formula is C24H25N3O2. The minimum absolute atomic E-state index is 0.111. The third-order valence-electron chi connectivity index (χ3n) is 4.67. The third-order valence-corrected chi connectivity index (χ3v) is 4.67. The second kappa shape index (κ2) is 9.06. The average molecular weight is 387 g/mol. The van der Waals surface area contributed by atoms with Crippen molar-refractivity contribution in [3.05, 3.63) is 89.5 Å². The van der Waals surface area contributed by atoms with Crippen molar-refractivity contribution in [1.29, 1.82) is 0 Å². The molecule has 5 heteroatoms. The summed E-state index contributed by atoms with van der Waals surface area (Å²) in [6.07, 6.45) is 0. The van der Waals surface area contributed by atoms with Gasteiger partial charge in [0.2, 0.25) is 5.91 Å². The number of rotatable bonds is 6. The number of para-hydroxylation sites is 1. The first kappa shape index (κ1) is 20.1. The summed E-state index contributed by atoms with van der Waals surface area (Å²) in [4.78, 5) is 26.6. The van der Waals surface area contributed by atoms with Gasteiger partial charge in [-0.15, -0.1) is 0 Å². The molecule has 0 aliphatic rings. The van der Waals surface area contributed by atoms with Crippen LogP contribution in [-0.2, 0) is 4.79 Å². The van der Waals surface area contributed by atoms with Crippen LogP contribution in [0, 0.1) is 13.8 Å². The lowest BCUT2D eigenvalue weighted by Crippen LogP contribution is -2.26. The minimum Gasteiger partial charge on any atom is -0.376 e. The molecule has 0 saturated carbocycles. The number of hydrogen-bond acceptors (Lipinski definition) is 3. The molecule has 0 bridgehead atoms. The van der Waals surface area contributed by atoms with Crippen molar-refractivity contribution >= 4 is 28.9 Å². The Balaban J connectivity index is 1.62. The summed E-state index contributed by atoms with van der Waals surface area (Å²) in [5, 5.41) is 5.99. The highest BCUT2D eigenvalue weighted by atomic mass is 16.2. The molecule has 0 atom stereocenters. The van der Waals surface area contributed by atoms with Crippen LogP contribution in [0.1, 0.15) is 21.5 Å². The summed E-state index contributed by atoms with van der Waals surface area (Å²) < 4.78 is 0. The topological polar surface area (TPSA) is 61.4 Å². The van der Waals surface area contributed by atoms with E-state index in [0.29, 0.717) is 11.3 Å². The zero-order chi connectivity index (χ0) is 20.8. The number of benzene rings is 3. The van der Waals surface area contributed by atoms with Crippen LogP contribution in [0.25, 0.3) is 0 Å². The normalized spacial score (nSPS) is 10.3. The van der Waals surface area contributed by atoms with Gasteiger partial charge in [-0.3, -0.25) is 9.59 Å². The molecule has 3 rings (SSSR count). The molecule has 0 aromatic heterocycles. The first-order valence-corrected chi connectivity index (χ1v) is 9.48. The molecule has 0 unspecified atom stereocenters. The van der Waals surface area contributed by atoms with Crippen LogP contribution < -0.4 is 15.5 Å². The summed E-state index contributed by atoms with van der Waals surface area (Å²) >= 11 is 0. The lowest BCUT2D eigenvalue weighted by molar-refractivity contribution is -0.114. The highest BCUT2D eigenvalue weighted by Crippen LogP contribution is 2.18. The minimum atomic E-state index is -0.143. The fraction of sp³-hybridized carbons (Fsp3) is 0.167. The zero-order valence-corrected chi connectivity index (χ0v) is 16.9. The summed E-state index contributed by atoms with van der Waals surface area (Å²) in [6.45, 7) is 4.09. The van der Waals surface area contributed by atoms with Gasteiger partial charge in [0, 0.05) is 29.7 Å². The van der Waals surface area contributed by atoms with Gasteiger partial charge in [0.1, 0.15) is 0 Å². The molecule has 0 saturated heterocycles. The van der Waals surface area contributed by atoms with Gasteiger partial charge in [-0.05, 0) is 55.8 Å². The van der Waals surface area contributed by atoms with E-state index in [1.165, 1.54) is 0 Å². The maximum Gasteiger partial charge on any atom is 0.258 e. The molecule has 0 radical (unpaired) electrons. The smallest absolute Gasteiger partial charge is 0.258 e. The standard InChI is InChI=1S/C24H25N3O2/c1-17-12-13-22(18(2)14-17)26-23(28)16-25-20-9-7-8-19(15-20)24(29)27(3)21-10-5-4-6-11-21/h4-15,25H,16H2,1-3H3,(H,26,28). The van der Waals surface area contributed by atoms with E-state index in [-0.39, 0.29) is 18.4 Å². The Kier molecular flexibility index (Phi) is 6.29. The number of carbonyl (C=O) groups excluding carboxylic acids is 2. The number of hydrogen-bond donors (Lipinski definition) is 2. The first-order chi connectivity index (χ1) is 13.9. The number of nitrogens with one attached hydrogen (secondary N) is 2. The van der Waals surface area contributed by atoms with Crippen LogP contribution in [0.3, 0.4) is 0 Å². The molecule has 0 fully saturated rings. The first-order valence-electron chi connectivity index (χ1n) is 9.48. The Hall–Kier alpha value is -3.60. The van der Waals surface area contributed by atoms with Crippen molar-refractivity contribution in [1.82, 2.24) is 0 Å². The van der Waals surface area contributed by atoms with Crippen LogP contribution in [0.5, 0.6) is 0 Å². The van der Waals surface area contributed by atoms with Gasteiger partial charge in [-0.2, -0.15) is 0 Å². The zero-order valence-electron chi connectivity index (χ0n) is 16.9. The van der Waals surface area contributed by atoms with Gasteiger partial charge >= 0.3 is 0 Å². The number of nitrogens with zero attached hydrogens (tertiary/aromatic N) is 1. The summed E-state index contributed by atoms with van der Waals surface area (Å²) in [7, 11) is 1.75. The quantitative estimate of drug-likeness (QED) is 0.648. The molecule has 29 heavy (non-hydrogen) atoms. The van der Waals surface area contributed by atoms with Crippen LogP contribution in [-0.4, -0.2) is 25.4 Å². The monoisotopic (exact) mass is 387 g/mol. The van der Waals surface area contributed by atoms with Crippen molar-refractivity contribution < 1.29 is 9.59 Å². The highest BCUT2D eigenvalue weighted by molar-refractivity contribution is 6.06. The Morgan fingerprint density at radius 1 is 0.897 bits per heavy atom. The largest absolute Gasteiger partial charge is 0.376 e. The molecule has 3 aromatic carbocycles. The number of carbonyl (C=O) groups is 2. The van der Waals surface area contributed by atoms with Gasteiger partial charge in [-0.1, -0.05) is 42.0 Å². The molecule has 5 nitrogen and oxygen atoms in total. The molecule has 0 spiro atoms. The molecule has 2 N–H and O–H groups in total. The Morgan fingerprint density at radius 3 is 2.38 bits per heavy atom. The molecule has 2 amide bonds. The second-order valence-corrected chi connectivity index (χ2v) is 7.00. The van der Waals surface area contributed by atoms with Gasteiger partial charge in [0.05, 0.1) is 6.54 Å². The lowest BCUT2D eigenvalue weighted by Gasteiger charge is -2.18. The maximum absolute atomic E-state index is 12.8. The number of aryl methyl sites for hydroxylation is 2. The van der Waals surface area contributed by atoms with Gasteiger partial charge in [-0.25, -0.2) is 0 Å². The van der Waals surface area contributed by atoms with Crippen molar-refractivity contribution in [3.63, 3.8) is 0 Å². The molecule has 0 aliphatic carbocycles. The Bertz CT molecular complexity index is 1020. The predicted octanol–water partition coefficient (Wildman–Crippen LogP) is 4.63. The van der Waals surface area contributed by atoms with Gasteiger partial charge in [0.15, 0.2) is 0 Å². The second-order valence-electron chi connectivity index (χ2n) is 7.00. The van der Waals surface area contributed by atoms with E-state index in [9.17, 15) is 9.59 Å². The summed E-state index contributed by atoms with van der Waals surface area (Å²) in [5.41, 5.74) is 5.07. The van der Waals surface area contributed by atoms with Gasteiger partial charge in [0.25, 0.3) is 5.91 Å². The fourth-order valence-corrected chi connectivity index (χ4v) is 3.06. The van der Waals surface area contributed by atoms with E-state index in [1.807, 2.05) is 68.4 Å². The van der Waals surface area contributed by atoms with E-state index in [1.54, 1.807) is 30.1 Å². The average Bonchev–Trinajstić information content (AvgIpc) is 2.74. The van der Waals surface area contributed by atoms with E-state index >= 15 is 0 Å². The lowest BCUT2D eigenvalue weighted by atomic mass is 10.1. The highest BCUT2D eigenvalue weighted by Gasteiger charge is 2.14. The van der Waals surface area contributed by atoms with Crippen molar-refractivity contribution in [3.8, 4) is 0 Å². The van der Waals surface area contributed by atoms with E-state index in [0.717, 1.165) is 22.5 Å². The van der Waals surface area contributed by atoms with Crippen LogP contribution >= 0.6 is 0 Å². The Labute approximate surface area is 171 Å². The van der Waals surface area contributed by atoms with E-state index in [4.69, 9.17) is 0 Å². The van der Waals surface area contributed by atoms with Gasteiger partial charge < -0.3 is 15.5 Å². The predicted molar refractivity (Wildman–Crippen MR) is 119 cm³/mol. The van der Waals surface area contributed by atoms with Crippen molar-refractivity contribution in [2.24, 2.45) is 0 Å². The third kappa shape index (κ3) is 5.23. The maximum atomic E-state index is 12.8. The number of amides is 2. The summed E-state index contributed by atoms with van der Waals surface area (Å²) in [5.74, 6) is -0.255. The van der Waals surface area contributed by atoms with Crippen LogP contribution in [0.2, 0.25) is 0 Å². The molecule has 148 valence electrons. The Morgan fingerprint density at radius 2 is 1.66 bits per heavy atom. The van der Waals surface area contributed by atoms with Crippen molar-refractivity contribution in [2.45, 2.75) is 13.8 Å². The fourth-order valence-electron chi connectivity index (χ4n) is 3.06.